The van der Waals surface area contributed by atoms with Crippen molar-refractivity contribution in [1.29, 1.82) is 0 Å². The second-order valence-corrected chi connectivity index (χ2v) is 8.90. The molecule has 0 unspecified atom stereocenters. The Morgan fingerprint density at radius 1 is 1.44 bits per heavy atom. The second-order valence-electron chi connectivity index (χ2n) is 3.28. The first kappa shape index (κ1) is 8.86. The summed E-state index contributed by atoms with van der Waals surface area (Å²) >= 11 is 0. The van der Waals surface area contributed by atoms with E-state index in [0.717, 1.165) is 12.7 Å². The van der Waals surface area contributed by atoms with Crippen LogP contribution in [0, 0.1) is 5.99 Å². The zero-order valence-corrected chi connectivity index (χ0v) is 7.40. The molecule has 0 fully saturated rings. The molecular weight excluding hydrogens is 127 g/mol. The Hall–Kier alpha value is -0.138. The molecule has 0 N–H and O–H groups in total. The van der Waals surface area contributed by atoms with Gasteiger partial charge in [0.05, 0.1) is 0 Å². The van der Waals surface area contributed by atoms with E-state index in [1.54, 1.807) is 0 Å². The molecule has 0 rings (SSSR count). The van der Waals surface area contributed by atoms with E-state index in [9.17, 15) is 0 Å². The summed E-state index contributed by atoms with van der Waals surface area (Å²) in [6, 6.07) is 1.15. The van der Waals surface area contributed by atoms with Gasteiger partial charge in [-0.15, -0.1) is 0 Å². The molecule has 0 aromatic rings. The first-order valence-corrected chi connectivity index (χ1v) is 6.84. The minimum atomic E-state index is -0.915. The summed E-state index contributed by atoms with van der Waals surface area (Å²) in [5.41, 5.74) is 0. The fourth-order valence-corrected chi connectivity index (χ4v) is 1.13. The third-order valence-electron chi connectivity index (χ3n) is 1.04. The van der Waals surface area contributed by atoms with Gasteiger partial charge >= 0.3 is 58.4 Å². The Balaban J connectivity index is 3.20. The fraction of sp³-hybridized carbons (Fsp3) is 0.833. The molecule has 0 atom stereocenters. The molecular formula is C6H13BOSi. The number of hydrogen-bond donors (Lipinski definition) is 0. The summed E-state index contributed by atoms with van der Waals surface area (Å²) in [5, 5.41) is 0. The molecule has 0 radical (unpaired) electrons. The van der Waals surface area contributed by atoms with E-state index in [0.29, 0.717) is 0 Å². The van der Waals surface area contributed by atoms with Crippen molar-refractivity contribution in [3.63, 3.8) is 0 Å². The second kappa shape index (κ2) is 3.81. The van der Waals surface area contributed by atoms with Gasteiger partial charge < -0.3 is 0 Å². The average Bonchev–Trinajstić information content (AvgIpc) is 1.63. The van der Waals surface area contributed by atoms with Gasteiger partial charge in [0.25, 0.3) is 0 Å². The molecule has 50 valence electrons. The van der Waals surface area contributed by atoms with Gasteiger partial charge in [0.15, 0.2) is 0 Å². The van der Waals surface area contributed by atoms with E-state index in [1.165, 1.54) is 0 Å². The SMILES string of the molecule is B#COCC[Si](C)(C)C. The van der Waals surface area contributed by atoms with Crippen molar-refractivity contribution in [2.24, 2.45) is 0 Å². The van der Waals surface area contributed by atoms with E-state index >= 15 is 0 Å². The van der Waals surface area contributed by atoms with Gasteiger partial charge in [-0.05, 0) is 0 Å². The summed E-state index contributed by atoms with van der Waals surface area (Å²) < 4.78 is 4.77. The summed E-state index contributed by atoms with van der Waals surface area (Å²) in [5.74, 6) is 2.16. The van der Waals surface area contributed by atoms with Crippen molar-refractivity contribution < 1.29 is 4.74 Å². The maximum absolute atomic E-state index is 4.90. The summed E-state index contributed by atoms with van der Waals surface area (Å²) in [4.78, 5) is 0. The maximum atomic E-state index is 4.90. The molecule has 0 amide bonds. The molecule has 0 saturated heterocycles. The molecule has 1 nitrogen and oxygen atoms in total. The molecule has 0 spiro atoms. The summed E-state index contributed by atoms with van der Waals surface area (Å²) in [7, 11) is 3.99. The van der Waals surface area contributed by atoms with Crippen LogP contribution in [-0.4, -0.2) is 22.0 Å². The van der Waals surface area contributed by atoms with Crippen LogP contribution in [0.2, 0.25) is 25.7 Å². The van der Waals surface area contributed by atoms with Gasteiger partial charge in [0.1, 0.15) is 0 Å². The Morgan fingerprint density at radius 2 is 2.00 bits per heavy atom. The number of ether oxygens (including phenoxy) is 1. The van der Waals surface area contributed by atoms with Crippen molar-refractivity contribution in [3.8, 4) is 5.99 Å². The van der Waals surface area contributed by atoms with Crippen molar-refractivity contribution in [2.45, 2.75) is 25.7 Å². The Bertz CT molecular complexity index is 111. The van der Waals surface area contributed by atoms with Crippen LogP contribution in [0.5, 0.6) is 0 Å². The van der Waals surface area contributed by atoms with Gasteiger partial charge in [-0.2, -0.15) is 0 Å². The van der Waals surface area contributed by atoms with E-state index < -0.39 is 8.07 Å². The molecule has 3 heteroatoms. The number of hydrogen-bond acceptors (Lipinski definition) is 1. The standard InChI is InChI=1S/C6H13BOSi/c1-9(2,3)5-4-8-6-7/h4-5H2,1-3H3. The van der Waals surface area contributed by atoms with Gasteiger partial charge in [0, 0.05) is 0 Å². The van der Waals surface area contributed by atoms with Crippen molar-refractivity contribution in [3.05, 3.63) is 0 Å². The minimum absolute atomic E-state index is 0.728. The molecule has 0 aliphatic rings. The van der Waals surface area contributed by atoms with Crippen LogP contribution in [0.1, 0.15) is 0 Å². The summed E-state index contributed by atoms with van der Waals surface area (Å²) in [6.45, 7) is 7.62. The molecule has 0 aliphatic heterocycles. The third-order valence-corrected chi connectivity index (χ3v) is 2.74. The fourth-order valence-electron chi connectivity index (χ4n) is 0.416. The first-order valence-electron chi connectivity index (χ1n) is 3.14. The van der Waals surface area contributed by atoms with Crippen LogP contribution in [-0.2, 0) is 4.74 Å². The molecule has 0 aromatic carbocycles. The van der Waals surface area contributed by atoms with Crippen LogP contribution in [0.4, 0.5) is 0 Å². The van der Waals surface area contributed by atoms with Crippen LogP contribution in [0.25, 0.3) is 0 Å². The van der Waals surface area contributed by atoms with E-state index in [1.807, 2.05) is 0 Å². The van der Waals surface area contributed by atoms with E-state index in [-0.39, 0.29) is 0 Å². The Labute approximate surface area is 59.2 Å². The van der Waals surface area contributed by atoms with E-state index in [4.69, 9.17) is 12.1 Å². The Kier molecular flexibility index (Phi) is 3.75. The van der Waals surface area contributed by atoms with Gasteiger partial charge in [-0.25, -0.2) is 0 Å². The van der Waals surface area contributed by atoms with Gasteiger partial charge in [0.2, 0.25) is 0 Å². The van der Waals surface area contributed by atoms with Crippen molar-refractivity contribution in [1.82, 2.24) is 0 Å². The van der Waals surface area contributed by atoms with Crippen molar-refractivity contribution >= 4 is 15.4 Å². The van der Waals surface area contributed by atoms with Gasteiger partial charge in [-0.1, -0.05) is 0 Å². The zero-order chi connectivity index (χ0) is 7.33. The zero-order valence-electron chi connectivity index (χ0n) is 6.40. The molecule has 0 aromatic heterocycles. The predicted octanol–water partition coefficient (Wildman–Crippen LogP) is 1.43. The first-order chi connectivity index (χ1) is 4.06. The average molecular weight is 140 g/mol. The van der Waals surface area contributed by atoms with Crippen LogP contribution >= 0.6 is 0 Å². The van der Waals surface area contributed by atoms with Gasteiger partial charge in [-0.3, -0.25) is 0 Å². The molecule has 0 aliphatic carbocycles. The topological polar surface area (TPSA) is 9.23 Å². The molecule has 9 heavy (non-hydrogen) atoms. The third kappa shape index (κ3) is 7.86. The molecule has 0 saturated carbocycles. The monoisotopic (exact) mass is 140 g/mol. The van der Waals surface area contributed by atoms with Crippen molar-refractivity contribution in [2.75, 3.05) is 6.61 Å². The normalized spacial score (nSPS) is 10.8. The molecule has 0 heterocycles. The predicted molar refractivity (Wildman–Crippen MR) is 43.7 cm³/mol. The van der Waals surface area contributed by atoms with Crippen LogP contribution in [0.15, 0.2) is 0 Å². The summed E-state index contributed by atoms with van der Waals surface area (Å²) in [6.07, 6.45) is 0. The number of rotatable bonds is 3. The Morgan fingerprint density at radius 3 is 2.33 bits per heavy atom. The van der Waals surface area contributed by atoms with Crippen LogP contribution in [0.3, 0.4) is 0 Å². The quantitative estimate of drug-likeness (QED) is 0.425. The van der Waals surface area contributed by atoms with E-state index in [2.05, 4.69) is 25.6 Å². The molecule has 0 bridgehead atoms. The van der Waals surface area contributed by atoms with Crippen LogP contribution < -0.4 is 0 Å².